The minimum Gasteiger partial charge on any atom is -0.455 e. The Morgan fingerprint density at radius 1 is 1.06 bits per heavy atom. The van der Waals surface area contributed by atoms with Gasteiger partial charge in [-0.3, -0.25) is 0 Å². The molecule has 6 rings (SSSR count). The second-order valence-electron chi connectivity index (χ2n) is 12.3. The van der Waals surface area contributed by atoms with Crippen LogP contribution in [0.15, 0.2) is 11.6 Å². The SMILES string of the molecule is C[C@@]12CC[C@H]3OC(=O)C=C3[C@H]1CC[C@@]13C[C@H](CC[C@H]12)[C@](CO)(O[C@@H]1O[C@H](CO)[C@@H](O)[C@H](O)[C@H]1O)C3. The van der Waals surface area contributed by atoms with E-state index in [0.717, 1.165) is 44.9 Å². The second kappa shape index (κ2) is 8.21. The second-order valence-corrected chi connectivity index (χ2v) is 12.3. The first-order valence-electron chi connectivity index (χ1n) is 13.2. The number of aliphatic hydroxyl groups excluding tert-OH is 5. The van der Waals surface area contributed by atoms with Gasteiger partial charge in [0.05, 0.1) is 18.8 Å². The zero-order chi connectivity index (χ0) is 24.8. The van der Waals surface area contributed by atoms with Crippen LogP contribution in [0.4, 0.5) is 0 Å². The van der Waals surface area contributed by atoms with Gasteiger partial charge in [-0.2, -0.15) is 0 Å². The predicted molar refractivity (Wildman–Crippen MR) is 121 cm³/mol. The number of hydrogen-bond donors (Lipinski definition) is 5. The molecular formula is C26H38O9. The highest BCUT2D eigenvalue weighted by Crippen LogP contribution is 2.72. The molecule has 12 atom stereocenters. The van der Waals surface area contributed by atoms with E-state index in [4.69, 9.17) is 14.2 Å². The Balaban J connectivity index is 1.27. The number of aliphatic hydroxyl groups is 5. The van der Waals surface area contributed by atoms with Crippen molar-refractivity contribution in [3.8, 4) is 0 Å². The van der Waals surface area contributed by atoms with E-state index in [1.54, 1.807) is 6.08 Å². The Kier molecular flexibility index (Phi) is 5.70. The molecule has 5 fully saturated rings. The Morgan fingerprint density at radius 3 is 2.60 bits per heavy atom. The normalized spacial score (nSPS) is 55.0. The summed E-state index contributed by atoms with van der Waals surface area (Å²) in [6, 6.07) is 0. The number of hydrogen-bond acceptors (Lipinski definition) is 9. The van der Waals surface area contributed by atoms with Crippen LogP contribution in [0.25, 0.3) is 0 Å². The molecule has 196 valence electrons. The topological polar surface area (TPSA) is 146 Å². The van der Waals surface area contributed by atoms with Crippen molar-refractivity contribution in [2.75, 3.05) is 13.2 Å². The molecule has 2 heterocycles. The van der Waals surface area contributed by atoms with Crippen molar-refractivity contribution < 1.29 is 44.5 Å². The summed E-state index contributed by atoms with van der Waals surface area (Å²) in [7, 11) is 0. The van der Waals surface area contributed by atoms with Crippen molar-refractivity contribution in [2.24, 2.45) is 28.6 Å². The molecule has 0 amide bonds. The van der Waals surface area contributed by atoms with E-state index in [1.165, 1.54) is 5.57 Å². The van der Waals surface area contributed by atoms with Gasteiger partial charge in [-0.1, -0.05) is 6.92 Å². The van der Waals surface area contributed by atoms with Crippen LogP contribution in [0.5, 0.6) is 0 Å². The van der Waals surface area contributed by atoms with E-state index in [-0.39, 0.29) is 35.4 Å². The van der Waals surface area contributed by atoms with Crippen LogP contribution in [0.3, 0.4) is 0 Å². The zero-order valence-electron chi connectivity index (χ0n) is 20.2. The van der Waals surface area contributed by atoms with Gasteiger partial charge < -0.3 is 39.7 Å². The van der Waals surface area contributed by atoms with Crippen LogP contribution in [0, 0.1) is 28.6 Å². The fourth-order valence-electron chi connectivity index (χ4n) is 9.31. The van der Waals surface area contributed by atoms with Crippen LogP contribution in [0.1, 0.15) is 58.3 Å². The number of rotatable bonds is 4. The lowest BCUT2D eigenvalue weighted by atomic mass is 9.44. The molecule has 0 aromatic heterocycles. The molecule has 9 nitrogen and oxygen atoms in total. The minimum atomic E-state index is -1.51. The van der Waals surface area contributed by atoms with E-state index in [0.29, 0.717) is 18.3 Å². The molecule has 1 spiro atoms. The highest BCUT2D eigenvalue weighted by atomic mass is 16.7. The molecule has 0 aromatic rings. The van der Waals surface area contributed by atoms with Gasteiger partial charge >= 0.3 is 5.97 Å². The van der Waals surface area contributed by atoms with Gasteiger partial charge in [0.15, 0.2) is 6.29 Å². The average molecular weight is 495 g/mol. The molecular weight excluding hydrogens is 456 g/mol. The summed E-state index contributed by atoms with van der Waals surface area (Å²) in [6.07, 6.45) is 2.19. The predicted octanol–water partition coefficient (Wildman–Crippen LogP) is 0.402. The average Bonchev–Trinajstić information content (AvgIpc) is 3.33. The molecule has 0 unspecified atom stereocenters. The molecule has 2 aliphatic heterocycles. The van der Waals surface area contributed by atoms with Crippen molar-refractivity contribution in [1.29, 1.82) is 0 Å². The van der Waals surface area contributed by atoms with Gasteiger partial charge in [-0.15, -0.1) is 0 Å². The first-order valence-corrected chi connectivity index (χ1v) is 13.2. The third-order valence-electron chi connectivity index (χ3n) is 10.8. The lowest BCUT2D eigenvalue weighted by Gasteiger charge is -2.60. The van der Waals surface area contributed by atoms with Gasteiger partial charge in [0.1, 0.15) is 30.5 Å². The quantitative estimate of drug-likeness (QED) is 0.351. The van der Waals surface area contributed by atoms with E-state index < -0.39 is 42.9 Å². The van der Waals surface area contributed by atoms with E-state index >= 15 is 0 Å². The number of esters is 1. The summed E-state index contributed by atoms with van der Waals surface area (Å²) in [6.45, 7) is 1.63. The summed E-state index contributed by atoms with van der Waals surface area (Å²) >= 11 is 0. The Labute approximate surface area is 205 Å². The number of fused-ring (bicyclic) bond motifs is 5. The van der Waals surface area contributed by atoms with Crippen molar-refractivity contribution in [2.45, 2.75) is 101 Å². The van der Waals surface area contributed by atoms with Gasteiger partial charge in [-0.25, -0.2) is 4.79 Å². The van der Waals surface area contributed by atoms with Crippen LogP contribution in [-0.4, -0.2) is 87.1 Å². The van der Waals surface area contributed by atoms with Crippen LogP contribution in [-0.2, 0) is 19.0 Å². The van der Waals surface area contributed by atoms with Crippen molar-refractivity contribution >= 4 is 5.97 Å². The minimum absolute atomic E-state index is 0.0120. The number of ether oxygens (including phenoxy) is 3. The maximum absolute atomic E-state index is 12.0. The fraction of sp³-hybridized carbons (Fsp3) is 0.885. The smallest absolute Gasteiger partial charge is 0.331 e. The molecule has 35 heavy (non-hydrogen) atoms. The van der Waals surface area contributed by atoms with Crippen molar-refractivity contribution in [3.63, 3.8) is 0 Å². The van der Waals surface area contributed by atoms with Gasteiger partial charge in [-0.05, 0) is 85.5 Å². The van der Waals surface area contributed by atoms with E-state index in [2.05, 4.69) is 6.92 Å². The molecule has 4 saturated carbocycles. The lowest BCUT2D eigenvalue weighted by Crippen LogP contribution is -2.61. The maximum atomic E-state index is 12.0. The largest absolute Gasteiger partial charge is 0.455 e. The van der Waals surface area contributed by atoms with Crippen LogP contribution < -0.4 is 0 Å². The summed E-state index contributed by atoms with van der Waals surface area (Å²) < 4.78 is 17.6. The van der Waals surface area contributed by atoms with E-state index in [1.807, 2.05) is 0 Å². The third kappa shape index (κ3) is 3.35. The molecule has 0 radical (unpaired) electrons. The fourth-order valence-corrected chi connectivity index (χ4v) is 9.31. The zero-order valence-corrected chi connectivity index (χ0v) is 20.2. The summed E-state index contributed by atoms with van der Waals surface area (Å²) in [5, 5.41) is 51.2. The molecule has 0 aromatic carbocycles. The molecule has 2 bridgehead atoms. The number of carbonyl (C=O) groups excluding carboxylic acids is 1. The molecule has 9 heteroatoms. The highest BCUT2D eigenvalue weighted by molar-refractivity contribution is 5.86. The summed E-state index contributed by atoms with van der Waals surface area (Å²) in [5.74, 6) is 0.624. The summed E-state index contributed by atoms with van der Waals surface area (Å²) in [5.41, 5.74) is 0.287. The lowest BCUT2D eigenvalue weighted by molar-refractivity contribution is -0.335. The van der Waals surface area contributed by atoms with E-state index in [9.17, 15) is 30.3 Å². The highest BCUT2D eigenvalue weighted by Gasteiger charge is 2.68. The molecule has 4 aliphatic carbocycles. The first-order chi connectivity index (χ1) is 16.7. The summed E-state index contributed by atoms with van der Waals surface area (Å²) in [4.78, 5) is 12.0. The Morgan fingerprint density at radius 2 is 1.86 bits per heavy atom. The maximum Gasteiger partial charge on any atom is 0.331 e. The standard InChI is InChI=1S/C26H38O9/c1-24-6-5-16-14(8-19(29)33-16)15(24)4-7-25-9-13(2-3-18(24)25)26(11-25,12-28)35-23-22(32)21(31)20(30)17(10-27)34-23/h8,13,15-18,20-23,27-28,30-32H,2-7,9-12H2,1H3/t13-,15+,16+,17+,18-,20+,21-,22+,23-,24+,25-,26-/m0/s1. The molecule has 5 N–H and O–H groups in total. The third-order valence-corrected chi connectivity index (χ3v) is 10.8. The molecule has 6 aliphatic rings. The van der Waals surface area contributed by atoms with Gasteiger partial charge in [0, 0.05) is 6.08 Å². The van der Waals surface area contributed by atoms with Gasteiger partial charge in [0.25, 0.3) is 0 Å². The first kappa shape index (κ1) is 24.3. The van der Waals surface area contributed by atoms with Crippen molar-refractivity contribution in [1.82, 2.24) is 0 Å². The van der Waals surface area contributed by atoms with Crippen LogP contribution in [0.2, 0.25) is 0 Å². The van der Waals surface area contributed by atoms with Crippen molar-refractivity contribution in [3.05, 3.63) is 11.6 Å². The Bertz CT molecular complexity index is 905. The molecule has 1 saturated heterocycles. The van der Waals surface area contributed by atoms with Gasteiger partial charge in [0.2, 0.25) is 0 Å². The Hall–Kier alpha value is -1.07. The number of carbonyl (C=O) groups is 1. The monoisotopic (exact) mass is 494 g/mol. The van der Waals surface area contributed by atoms with Crippen LogP contribution >= 0.6 is 0 Å².